The molecule has 2 aromatic heterocycles. The van der Waals surface area contributed by atoms with Crippen LogP contribution in [-0.4, -0.2) is 46.1 Å². The van der Waals surface area contributed by atoms with Gasteiger partial charge in [-0.15, -0.1) is 5.10 Å². The van der Waals surface area contributed by atoms with Crippen molar-refractivity contribution < 1.29 is 13.5 Å². The lowest BCUT2D eigenvalue weighted by Crippen LogP contribution is -2.36. The number of aromatic nitrogens is 4. The molecule has 1 aliphatic heterocycles. The Hall–Kier alpha value is -3.07. The zero-order chi connectivity index (χ0) is 18.8. The summed E-state index contributed by atoms with van der Waals surface area (Å²) in [5.74, 6) is -0.628. The van der Waals surface area contributed by atoms with Crippen LogP contribution >= 0.6 is 0 Å². The summed E-state index contributed by atoms with van der Waals surface area (Å²) in [6.07, 6.45) is 1.44. The van der Waals surface area contributed by atoms with Gasteiger partial charge in [0.1, 0.15) is 12.1 Å². The van der Waals surface area contributed by atoms with E-state index in [4.69, 9.17) is 4.74 Å². The molecule has 140 valence electrons. The summed E-state index contributed by atoms with van der Waals surface area (Å²) in [5.41, 5.74) is 2.04. The number of hydrogen-bond donors (Lipinski definition) is 1. The average Bonchev–Trinajstić information content (AvgIpc) is 3.12. The quantitative estimate of drug-likeness (QED) is 0.760. The molecule has 0 radical (unpaired) electrons. The Kier molecular flexibility index (Phi) is 4.68. The summed E-state index contributed by atoms with van der Waals surface area (Å²) >= 11 is 0. The molecule has 0 atom stereocenters. The standard InChI is InChI=1S/C18H18F2N6O/c1-12-8-13(9-17(22-12)25-4-6-27-7-5-25)23-18-21-11-26(24-18)14-2-3-15(19)16(20)10-14/h2-3,8-11H,4-7H2,1H3,(H,22,23,24). The molecule has 7 nitrogen and oxygen atoms in total. The Balaban J connectivity index is 1.55. The zero-order valence-electron chi connectivity index (χ0n) is 14.7. The predicted octanol–water partition coefficient (Wildman–Crippen LogP) is 2.83. The topological polar surface area (TPSA) is 68.1 Å². The molecule has 0 saturated carbocycles. The number of halogens is 2. The van der Waals surface area contributed by atoms with E-state index in [9.17, 15) is 8.78 Å². The third-order valence-electron chi connectivity index (χ3n) is 4.19. The highest BCUT2D eigenvalue weighted by atomic mass is 19.2. The predicted molar refractivity (Wildman–Crippen MR) is 96.6 cm³/mol. The summed E-state index contributed by atoms with van der Waals surface area (Å²) < 4.78 is 33.3. The largest absolute Gasteiger partial charge is 0.378 e. The molecular formula is C18H18F2N6O. The summed E-state index contributed by atoms with van der Waals surface area (Å²) in [4.78, 5) is 10.9. The fraction of sp³-hybridized carbons (Fsp3) is 0.278. The van der Waals surface area contributed by atoms with Crippen molar-refractivity contribution in [2.75, 3.05) is 36.5 Å². The maximum absolute atomic E-state index is 13.4. The number of benzene rings is 1. The van der Waals surface area contributed by atoms with E-state index in [1.54, 1.807) is 0 Å². The Morgan fingerprint density at radius 2 is 1.89 bits per heavy atom. The highest BCUT2D eigenvalue weighted by Crippen LogP contribution is 2.22. The van der Waals surface area contributed by atoms with Gasteiger partial charge in [0.15, 0.2) is 11.6 Å². The number of nitrogens with zero attached hydrogens (tertiary/aromatic N) is 5. The van der Waals surface area contributed by atoms with E-state index in [-0.39, 0.29) is 0 Å². The van der Waals surface area contributed by atoms with Crippen molar-refractivity contribution in [1.29, 1.82) is 0 Å². The first-order valence-corrected chi connectivity index (χ1v) is 8.54. The molecular weight excluding hydrogens is 354 g/mol. The van der Waals surface area contributed by atoms with Gasteiger partial charge in [-0.25, -0.2) is 18.4 Å². The third kappa shape index (κ3) is 3.87. The molecule has 0 bridgehead atoms. The van der Waals surface area contributed by atoms with Crippen LogP contribution in [-0.2, 0) is 4.74 Å². The van der Waals surface area contributed by atoms with Crippen molar-refractivity contribution in [3.05, 3.63) is 54.0 Å². The van der Waals surface area contributed by atoms with Crippen molar-refractivity contribution in [3.63, 3.8) is 0 Å². The second kappa shape index (κ2) is 7.28. The van der Waals surface area contributed by atoms with Gasteiger partial charge in [-0.2, -0.15) is 4.98 Å². The number of pyridine rings is 1. The van der Waals surface area contributed by atoms with E-state index >= 15 is 0 Å². The fourth-order valence-electron chi connectivity index (χ4n) is 2.88. The molecule has 1 N–H and O–H groups in total. The Bertz CT molecular complexity index is 955. The lowest BCUT2D eigenvalue weighted by molar-refractivity contribution is 0.122. The molecule has 1 fully saturated rings. The summed E-state index contributed by atoms with van der Waals surface area (Å²) in [6.45, 7) is 4.86. The van der Waals surface area contributed by atoms with Crippen LogP contribution < -0.4 is 10.2 Å². The molecule has 27 heavy (non-hydrogen) atoms. The van der Waals surface area contributed by atoms with Crippen molar-refractivity contribution in [2.24, 2.45) is 0 Å². The Morgan fingerprint density at radius 1 is 1.07 bits per heavy atom. The minimum Gasteiger partial charge on any atom is -0.378 e. The van der Waals surface area contributed by atoms with Crippen LogP contribution in [0.5, 0.6) is 0 Å². The number of ether oxygens (including phenoxy) is 1. The van der Waals surface area contributed by atoms with E-state index in [2.05, 4.69) is 25.3 Å². The lowest BCUT2D eigenvalue weighted by atomic mass is 10.3. The van der Waals surface area contributed by atoms with Crippen LogP contribution in [0.2, 0.25) is 0 Å². The lowest BCUT2D eigenvalue weighted by Gasteiger charge is -2.28. The number of aryl methyl sites for hydroxylation is 1. The first-order chi connectivity index (χ1) is 13.1. The van der Waals surface area contributed by atoms with Gasteiger partial charge in [0.25, 0.3) is 0 Å². The SMILES string of the molecule is Cc1cc(Nc2ncn(-c3ccc(F)c(F)c3)n2)cc(N2CCOCC2)n1. The molecule has 1 aliphatic rings. The summed E-state index contributed by atoms with van der Waals surface area (Å²) in [5, 5.41) is 7.40. The van der Waals surface area contributed by atoms with Crippen molar-refractivity contribution in [3.8, 4) is 5.69 Å². The molecule has 0 spiro atoms. The Morgan fingerprint density at radius 3 is 2.67 bits per heavy atom. The van der Waals surface area contributed by atoms with E-state index < -0.39 is 11.6 Å². The van der Waals surface area contributed by atoms with Gasteiger partial charge in [-0.05, 0) is 25.1 Å². The number of nitrogens with one attached hydrogen (secondary N) is 1. The summed E-state index contributed by atoms with van der Waals surface area (Å²) in [6, 6.07) is 7.38. The van der Waals surface area contributed by atoms with Crippen molar-refractivity contribution >= 4 is 17.5 Å². The maximum atomic E-state index is 13.4. The minimum atomic E-state index is -0.933. The van der Waals surface area contributed by atoms with Gasteiger partial charge in [-0.3, -0.25) is 0 Å². The molecule has 3 aromatic rings. The zero-order valence-corrected chi connectivity index (χ0v) is 14.7. The maximum Gasteiger partial charge on any atom is 0.246 e. The van der Waals surface area contributed by atoms with E-state index in [0.29, 0.717) is 24.8 Å². The normalized spacial score (nSPS) is 14.4. The monoisotopic (exact) mass is 372 g/mol. The van der Waals surface area contributed by atoms with E-state index in [1.807, 2.05) is 19.1 Å². The smallest absolute Gasteiger partial charge is 0.246 e. The first kappa shape index (κ1) is 17.3. The fourth-order valence-corrected chi connectivity index (χ4v) is 2.88. The molecule has 0 aliphatic carbocycles. The van der Waals surface area contributed by atoms with Crippen LogP contribution in [0.1, 0.15) is 5.69 Å². The van der Waals surface area contributed by atoms with E-state index in [1.165, 1.54) is 17.1 Å². The second-order valence-electron chi connectivity index (χ2n) is 6.19. The number of morpholine rings is 1. The van der Waals surface area contributed by atoms with Gasteiger partial charge in [0.2, 0.25) is 5.95 Å². The van der Waals surface area contributed by atoms with Gasteiger partial charge in [0.05, 0.1) is 18.9 Å². The highest BCUT2D eigenvalue weighted by Gasteiger charge is 2.14. The molecule has 9 heteroatoms. The Labute approximate surface area is 154 Å². The molecule has 0 unspecified atom stereocenters. The van der Waals surface area contributed by atoms with Crippen LogP contribution in [0.25, 0.3) is 5.69 Å². The second-order valence-corrected chi connectivity index (χ2v) is 6.19. The van der Waals surface area contributed by atoms with Gasteiger partial charge < -0.3 is 15.0 Å². The van der Waals surface area contributed by atoms with Crippen LogP contribution in [0.3, 0.4) is 0 Å². The van der Waals surface area contributed by atoms with Crippen LogP contribution in [0.4, 0.5) is 26.2 Å². The third-order valence-corrected chi connectivity index (χ3v) is 4.19. The molecule has 0 amide bonds. The van der Waals surface area contributed by atoms with Gasteiger partial charge in [0, 0.05) is 36.6 Å². The van der Waals surface area contributed by atoms with Gasteiger partial charge >= 0.3 is 0 Å². The van der Waals surface area contributed by atoms with Crippen LogP contribution in [0, 0.1) is 18.6 Å². The van der Waals surface area contributed by atoms with E-state index in [0.717, 1.165) is 42.4 Å². The molecule has 1 saturated heterocycles. The number of rotatable bonds is 4. The number of anilines is 3. The molecule has 1 aromatic carbocycles. The van der Waals surface area contributed by atoms with Crippen LogP contribution in [0.15, 0.2) is 36.7 Å². The summed E-state index contributed by atoms with van der Waals surface area (Å²) in [7, 11) is 0. The number of hydrogen-bond acceptors (Lipinski definition) is 6. The van der Waals surface area contributed by atoms with Crippen molar-refractivity contribution in [1.82, 2.24) is 19.7 Å². The molecule has 3 heterocycles. The van der Waals surface area contributed by atoms with Crippen molar-refractivity contribution in [2.45, 2.75) is 6.92 Å². The first-order valence-electron chi connectivity index (χ1n) is 8.54. The molecule has 4 rings (SSSR count). The minimum absolute atomic E-state index is 0.346. The highest BCUT2D eigenvalue weighted by molar-refractivity contribution is 5.60. The van der Waals surface area contributed by atoms with Gasteiger partial charge in [-0.1, -0.05) is 0 Å². The average molecular weight is 372 g/mol.